The Bertz CT molecular complexity index is 1310. The molecule has 0 aliphatic heterocycles. The summed E-state index contributed by atoms with van der Waals surface area (Å²) < 4.78 is 0. The number of hydrogen-bond donors (Lipinski definition) is 1. The lowest BCUT2D eigenvalue weighted by molar-refractivity contribution is -0.384. The summed E-state index contributed by atoms with van der Waals surface area (Å²) in [5, 5.41) is 21.0. The van der Waals surface area contributed by atoms with Gasteiger partial charge in [0.2, 0.25) is 0 Å². The van der Waals surface area contributed by atoms with Gasteiger partial charge < -0.3 is 5.11 Å². The molecule has 1 N–H and O–H groups in total. The minimum atomic E-state index is -1.15. The van der Waals surface area contributed by atoms with Gasteiger partial charge in [-0.3, -0.25) is 10.1 Å². The van der Waals surface area contributed by atoms with E-state index in [0.717, 1.165) is 36.0 Å². The Labute approximate surface area is 185 Å². The van der Waals surface area contributed by atoms with E-state index < -0.39 is 10.9 Å². The minimum Gasteiger partial charge on any atom is -0.478 e. The summed E-state index contributed by atoms with van der Waals surface area (Å²) in [5.41, 5.74) is 4.89. The van der Waals surface area contributed by atoms with E-state index in [-0.39, 0.29) is 16.6 Å². The van der Waals surface area contributed by atoms with E-state index in [1.807, 2.05) is 24.3 Å². The molecule has 0 radical (unpaired) electrons. The Morgan fingerprint density at radius 3 is 2.41 bits per heavy atom. The number of benzene rings is 3. The summed E-state index contributed by atoms with van der Waals surface area (Å²) in [6.07, 6.45) is 3.39. The van der Waals surface area contributed by atoms with Gasteiger partial charge in [-0.05, 0) is 47.7 Å². The van der Waals surface area contributed by atoms with Crippen LogP contribution in [0.1, 0.15) is 35.7 Å². The van der Waals surface area contributed by atoms with Crippen LogP contribution in [0.15, 0.2) is 72.8 Å². The first-order chi connectivity index (χ1) is 15.5. The summed E-state index contributed by atoms with van der Waals surface area (Å²) >= 11 is 0. The number of hydrogen-bond acceptors (Lipinski definition) is 4. The van der Waals surface area contributed by atoms with E-state index in [0.29, 0.717) is 11.2 Å². The molecule has 4 rings (SSSR count). The SMILES string of the molecule is CCCCc1ccc(-c2cccc(-c3cc(C(=O)O)c4cc([N+](=O)[O-])ccc4n3)c2)cc1. The predicted octanol–water partition coefficient (Wildman–Crippen LogP) is 6.52. The van der Waals surface area contributed by atoms with Gasteiger partial charge in [0.05, 0.1) is 21.7 Å². The largest absolute Gasteiger partial charge is 0.478 e. The Balaban J connectivity index is 1.75. The molecule has 0 spiro atoms. The van der Waals surface area contributed by atoms with E-state index in [1.54, 1.807) is 0 Å². The number of aromatic nitrogens is 1. The second-order valence-corrected chi connectivity index (χ2v) is 7.70. The third-order valence-corrected chi connectivity index (χ3v) is 5.50. The lowest BCUT2D eigenvalue weighted by atomic mass is 9.98. The summed E-state index contributed by atoms with van der Waals surface area (Å²) in [5.74, 6) is -1.15. The van der Waals surface area contributed by atoms with Crippen LogP contribution < -0.4 is 0 Å². The van der Waals surface area contributed by atoms with Gasteiger partial charge in [-0.15, -0.1) is 0 Å². The fraction of sp³-hybridized carbons (Fsp3) is 0.154. The average molecular weight is 426 g/mol. The Kier molecular flexibility index (Phi) is 5.94. The predicted molar refractivity (Wildman–Crippen MR) is 125 cm³/mol. The van der Waals surface area contributed by atoms with E-state index in [4.69, 9.17) is 0 Å². The molecule has 0 aliphatic carbocycles. The topological polar surface area (TPSA) is 93.3 Å². The smallest absolute Gasteiger partial charge is 0.336 e. The van der Waals surface area contributed by atoms with Crippen molar-refractivity contribution in [2.75, 3.05) is 0 Å². The average Bonchev–Trinajstić information content (AvgIpc) is 2.82. The highest BCUT2D eigenvalue weighted by molar-refractivity contribution is 6.04. The van der Waals surface area contributed by atoms with Crippen molar-refractivity contribution >= 4 is 22.6 Å². The lowest BCUT2D eigenvalue weighted by Gasteiger charge is -2.09. The number of unbranched alkanes of at least 4 members (excludes halogenated alkanes) is 1. The van der Waals surface area contributed by atoms with Gasteiger partial charge in [-0.25, -0.2) is 9.78 Å². The number of aryl methyl sites for hydroxylation is 1. The molecular weight excluding hydrogens is 404 g/mol. The normalized spacial score (nSPS) is 10.9. The van der Waals surface area contributed by atoms with E-state index in [9.17, 15) is 20.0 Å². The maximum Gasteiger partial charge on any atom is 0.336 e. The zero-order valence-electron chi connectivity index (χ0n) is 17.6. The number of rotatable bonds is 7. The zero-order chi connectivity index (χ0) is 22.7. The molecule has 32 heavy (non-hydrogen) atoms. The highest BCUT2D eigenvalue weighted by Gasteiger charge is 2.16. The van der Waals surface area contributed by atoms with Crippen molar-refractivity contribution in [2.24, 2.45) is 0 Å². The van der Waals surface area contributed by atoms with Gasteiger partial charge in [0, 0.05) is 23.1 Å². The van der Waals surface area contributed by atoms with Gasteiger partial charge in [0.15, 0.2) is 0 Å². The van der Waals surface area contributed by atoms with Crippen LogP contribution in [-0.4, -0.2) is 21.0 Å². The van der Waals surface area contributed by atoms with Gasteiger partial charge >= 0.3 is 5.97 Å². The molecule has 6 nitrogen and oxygen atoms in total. The van der Waals surface area contributed by atoms with Crippen LogP contribution in [0, 0.1) is 10.1 Å². The molecule has 0 atom stereocenters. The Morgan fingerprint density at radius 2 is 1.72 bits per heavy atom. The fourth-order valence-electron chi connectivity index (χ4n) is 3.76. The molecule has 1 aromatic heterocycles. The van der Waals surface area contributed by atoms with Crippen molar-refractivity contribution in [3.63, 3.8) is 0 Å². The molecule has 4 aromatic rings. The number of carbonyl (C=O) groups is 1. The number of non-ortho nitro benzene ring substituents is 1. The van der Waals surface area contributed by atoms with Crippen LogP contribution in [0.2, 0.25) is 0 Å². The van der Waals surface area contributed by atoms with Gasteiger partial charge in [0.1, 0.15) is 0 Å². The molecule has 160 valence electrons. The van der Waals surface area contributed by atoms with Gasteiger partial charge in [0.25, 0.3) is 5.69 Å². The molecule has 0 fully saturated rings. The van der Waals surface area contributed by atoms with Crippen LogP contribution >= 0.6 is 0 Å². The lowest BCUT2D eigenvalue weighted by Crippen LogP contribution is -2.01. The number of nitro groups is 1. The van der Waals surface area contributed by atoms with Crippen LogP contribution in [0.4, 0.5) is 5.69 Å². The molecule has 0 saturated heterocycles. The van der Waals surface area contributed by atoms with Crippen LogP contribution in [0.5, 0.6) is 0 Å². The zero-order valence-corrected chi connectivity index (χ0v) is 17.6. The number of nitro benzene ring substituents is 1. The molecule has 0 saturated carbocycles. The molecule has 0 aliphatic rings. The second-order valence-electron chi connectivity index (χ2n) is 7.70. The van der Waals surface area contributed by atoms with E-state index in [1.165, 1.54) is 29.8 Å². The summed E-state index contributed by atoms with van der Waals surface area (Å²) in [7, 11) is 0. The van der Waals surface area contributed by atoms with Crippen molar-refractivity contribution in [3.05, 3.63) is 94.0 Å². The quantitative estimate of drug-likeness (QED) is 0.268. The van der Waals surface area contributed by atoms with E-state index in [2.05, 4.69) is 36.2 Å². The Hall–Kier alpha value is -4.06. The molecule has 3 aromatic carbocycles. The molecule has 0 amide bonds. The summed E-state index contributed by atoms with van der Waals surface area (Å²) in [6, 6.07) is 21.8. The highest BCUT2D eigenvalue weighted by atomic mass is 16.6. The number of nitrogens with zero attached hydrogens (tertiary/aromatic N) is 2. The summed E-state index contributed by atoms with van der Waals surface area (Å²) in [6.45, 7) is 2.18. The maximum absolute atomic E-state index is 11.9. The van der Waals surface area contributed by atoms with Crippen LogP contribution in [0.3, 0.4) is 0 Å². The first-order valence-electron chi connectivity index (χ1n) is 10.5. The van der Waals surface area contributed by atoms with Crippen molar-refractivity contribution < 1.29 is 14.8 Å². The maximum atomic E-state index is 11.9. The van der Waals surface area contributed by atoms with Crippen LogP contribution in [0.25, 0.3) is 33.3 Å². The standard InChI is InChI=1S/C26H22N2O4/c1-2-3-5-17-8-10-18(11-9-17)19-6-4-7-20(14-19)25-16-23(26(29)30)22-15-21(28(31)32)12-13-24(22)27-25/h4,6-16H,2-3,5H2,1H3,(H,29,30). The van der Waals surface area contributed by atoms with Crippen molar-refractivity contribution in [3.8, 4) is 22.4 Å². The fourth-order valence-corrected chi connectivity index (χ4v) is 3.76. The van der Waals surface area contributed by atoms with Crippen molar-refractivity contribution in [1.29, 1.82) is 0 Å². The minimum absolute atomic E-state index is 0.0145. The second kappa shape index (κ2) is 8.98. The third kappa shape index (κ3) is 4.34. The van der Waals surface area contributed by atoms with Crippen molar-refractivity contribution in [1.82, 2.24) is 4.98 Å². The first-order valence-corrected chi connectivity index (χ1v) is 10.5. The molecule has 6 heteroatoms. The van der Waals surface area contributed by atoms with Crippen molar-refractivity contribution in [2.45, 2.75) is 26.2 Å². The Morgan fingerprint density at radius 1 is 0.969 bits per heavy atom. The number of carboxylic acid groups (broad SMARTS) is 1. The van der Waals surface area contributed by atoms with E-state index >= 15 is 0 Å². The molecular formula is C26H22N2O4. The van der Waals surface area contributed by atoms with Gasteiger partial charge in [-0.2, -0.15) is 0 Å². The number of carboxylic acids is 1. The highest BCUT2D eigenvalue weighted by Crippen LogP contribution is 2.30. The first kappa shape index (κ1) is 21.2. The number of aromatic carboxylic acids is 1. The van der Waals surface area contributed by atoms with Gasteiger partial charge in [-0.1, -0.05) is 55.8 Å². The number of pyridine rings is 1. The van der Waals surface area contributed by atoms with Crippen LogP contribution in [-0.2, 0) is 6.42 Å². The molecule has 0 bridgehead atoms. The monoisotopic (exact) mass is 426 g/mol. The molecule has 1 heterocycles. The number of fused-ring (bicyclic) bond motifs is 1. The molecule has 0 unspecified atom stereocenters. The summed E-state index contributed by atoms with van der Waals surface area (Å²) in [4.78, 5) is 27.0. The third-order valence-electron chi connectivity index (χ3n) is 5.50.